The Labute approximate surface area is 85.8 Å². The predicted octanol–water partition coefficient (Wildman–Crippen LogP) is -1.39. The summed E-state index contributed by atoms with van der Waals surface area (Å²) in [7, 11) is 0. The van der Waals surface area contributed by atoms with Gasteiger partial charge in [-0.25, -0.2) is 0 Å². The second-order valence-corrected chi connectivity index (χ2v) is 2.23. The van der Waals surface area contributed by atoms with Crippen molar-refractivity contribution in [3.05, 3.63) is 0 Å². The van der Waals surface area contributed by atoms with Gasteiger partial charge in [-0.3, -0.25) is 4.79 Å². The van der Waals surface area contributed by atoms with Gasteiger partial charge in [0.15, 0.2) is 0 Å². The minimum absolute atomic E-state index is 0. The first kappa shape index (κ1) is 13.8. The molecule has 0 aromatic carbocycles. The van der Waals surface area contributed by atoms with Crippen LogP contribution in [0.5, 0.6) is 0 Å². The number of rotatable bonds is 5. The number of aliphatic carboxylic acids is 1. The van der Waals surface area contributed by atoms with Gasteiger partial charge in [-0.2, -0.15) is 0 Å². The summed E-state index contributed by atoms with van der Waals surface area (Å²) < 4.78 is 0. The van der Waals surface area contributed by atoms with E-state index in [0.717, 1.165) is 12.8 Å². The SMILES string of the molecule is NCCCC[C@H](N)C(=O)O.[PoH2]. The van der Waals surface area contributed by atoms with Gasteiger partial charge in [-0.1, -0.05) is 6.42 Å². The van der Waals surface area contributed by atoms with Crippen LogP contribution in [0, 0.1) is 0 Å². The standard InChI is InChI=1S/C6H14N2O2.Po.2H/c7-4-2-1-3-5(8)6(9)10;;;/h5H,1-4,7-8H2,(H,9,10);;;/t5-;;;/m0.../s1. The third-order valence-corrected chi connectivity index (χ3v) is 1.29. The van der Waals surface area contributed by atoms with Gasteiger partial charge in [0.2, 0.25) is 0 Å². The Balaban J connectivity index is 0. The number of nitrogens with two attached hydrogens (primary N) is 2. The monoisotopic (exact) mass is 357 g/mol. The zero-order valence-electron chi connectivity index (χ0n) is 6.42. The molecule has 1 atom stereocenters. The summed E-state index contributed by atoms with van der Waals surface area (Å²) in [5.41, 5.74) is 10.4. The zero-order valence-corrected chi connectivity index (χ0v) is 10.3. The molecular formula is C6H16N2O2Po. The molecule has 5 heteroatoms. The van der Waals surface area contributed by atoms with Crippen molar-refractivity contribution in [3.63, 3.8) is 0 Å². The van der Waals surface area contributed by atoms with Gasteiger partial charge in [-0.05, 0) is 19.4 Å². The van der Waals surface area contributed by atoms with Crippen LogP contribution in [-0.4, -0.2) is 50.2 Å². The fourth-order valence-corrected chi connectivity index (χ4v) is 0.632. The molecule has 0 aromatic rings. The first-order chi connectivity index (χ1) is 4.68. The van der Waals surface area contributed by atoms with E-state index in [4.69, 9.17) is 16.6 Å². The molecule has 0 aliphatic rings. The number of hydrogen-bond donors (Lipinski definition) is 3. The van der Waals surface area contributed by atoms with Crippen LogP contribution in [0.3, 0.4) is 0 Å². The van der Waals surface area contributed by atoms with Crippen molar-refractivity contribution >= 4 is 32.5 Å². The molecule has 0 fully saturated rings. The van der Waals surface area contributed by atoms with Crippen LogP contribution in [0.4, 0.5) is 0 Å². The minimum atomic E-state index is -0.933. The van der Waals surface area contributed by atoms with Crippen LogP contribution in [0.1, 0.15) is 19.3 Å². The van der Waals surface area contributed by atoms with Crippen LogP contribution >= 0.6 is 0 Å². The van der Waals surface area contributed by atoms with Gasteiger partial charge < -0.3 is 16.6 Å². The molecule has 0 spiro atoms. The number of unbranched alkanes of at least 4 members (excludes halogenated alkanes) is 1. The summed E-state index contributed by atoms with van der Waals surface area (Å²) in [6, 6.07) is -0.716. The van der Waals surface area contributed by atoms with Crippen LogP contribution in [0.15, 0.2) is 0 Å². The van der Waals surface area contributed by atoms with Crippen molar-refractivity contribution in [2.45, 2.75) is 25.3 Å². The maximum absolute atomic E-state index is 10.1. The van der Waals surface area contributed by atoms with Gasteiger partial charge in [0, 0.05) is 0 Å². The third kappa shape index (κ3) is 8.19. The van der Waals surface area contributed by atoms with Gasteiger partial charge in [0.05, 0.1) is 0 Å². The van der Waals surface area contributed by atoms with E-state index in [0.29, 0.717) is 13.0 Å². The Morgan fingerprint density at radius 3 is 2.36 bits per heavy atom. The molecule has 0 aliphatic heterocycles. The molecule has 11 heavy (non-hydrogen) atoms. The second kappa shape index (κ2) is 8.38. The van der Waals surface area contributed by atoms with Gasteiger partial charge in [0.1, 0.15) is 6.04 Å². The first-order valence-electron chi connectivity index (χ1n) is 3.37. The van der Waals surface area contributed by atoms with Gasteiger partial charge in [-0.15, -0.1) is 0 Å². The van der Waals surface area contributed by atoms with Crippen LogP contribution in [-0.2, 0) is 4.79 Å². The molecule has 0 saturated carbocycles. The Bertz CT molecular complexity index is 111. The van der Waals surface area contributed by atoms with E-state index in [1.54, 1.807) is 0 Å². The second-order valence-electron chi connectivity index (χ2n) is 2.23. The van der Waals surface area contributed by atoms with Gasteiger partial charge in [0.25, 0.3) is 0 Å². The number of carbonyl (C=O) groups is 1. The molecule has 0 heterocycles. The molecule has 0 aliphatic carbocycles. The first-order valence-corrected chi connectivity index (χ1v) is 3.37. The summed E-state index contributed by atoms with van der Waals surface area (Å²) in [5.74, 6) is -0.933. The van der Waals surface area contributed by atoms with E-state index in [1.165, 1.54) is 0 Å². The zero-order chi connectivity index (χ0) is 7.98. The van der Waals surface area contributed by atoms with Crippen molar-refractivity contribution < 1.29 is 9.90 Å². The fraction of sp³-hybridized carbons (Fsp3) is 0.833. The van der Waals surface area contributed by atoms with Crippen molar-refractivity contribution in [1.29, 1.82) is 0 Å². The van der Waals surface area contributed by atoms with E-state index in [9.17, 15) is 4.79 Å². The fourth-order valence-electron chi connectivity index (χ4n) is 0.632. The van der Waals surface area contributed by atoms with Crippen LogP contribution < -0.4 is 11.5 Å². The van der Waals surface area contributed by atoms with Crippen molar-refractivity contribution in [2.75, 3.05) is 6.54 Å². The van der Waals surface area contributed by atoms with Crippen molar-refractivity contribution in [1.82, 2.24) is 0 Å². The van der Waals surface area contributed by atoms with Crippen LogP contribution in [0.2, 0.25) is 0 Å². The number of carboxylic acid groups (broad SMARTS) is 1. The van der Waals surface area contributed by atoms with Gasteiger partial charge >= 0.3 is 32.5 Å². The normalized spacial score (nSPS) is 11.8. The Morgan fingerprint density at radius 2 is 2.00 bits per heavy atom. The molecule has 0 saturated heterocycles. The Morgan fingerprint density at radius 1 is 1.45 bits per heavy atom. The molecule has 68 valence electrons. The number of carboxylic acids is 1. The Hall–Kier alpha value is 0.286. The summed E-state index contributed by atoms with van der Waals surface area (Å²) >= 11 is 0. The molecule has 0 bridgehead atoms. The van der Waals surface area contributed by atoms with E-state index in [2.05, 4.69) is 0 Å². The molecule has 0 radical (unpaired) electrons. The topological polar surface area (TPSA) is 89.3 Å². The summed E-state index contributed by atoms with van der Waals surface area (Å²) in [6.45, 7) is 0.604. The summed E-state index contributed by atoms with van der Waals surface area (Å²) in [4.78, 5) is 10.1. The molecule has 5 N–H and O–H groups in total. The molecular weight excluding hydrogens is 341 g/mol. The molecule has 0 rings (SSSR count). The quantitative estimate of drug-likeness (QED) is 0.529. The maximum atomic E-state index is 10.1. The summed E-state index contributed by atoms with van der Waals surface area (Å²) in [6.07, 6.45) is 2.16. The molecule has 0 aromatic heterocycles. The third-order valence-electron chi connectivity index (χ3n) is 1.29. The van der Waals surface area contributed by atoms with Crippen molar-refractivity contribution in [3.8, 4) is 0 Å². The average molecular weight is 357 g/mol. The van der Waals surface area contributed by atoms with E-state index in [-0.39, 0.29) is 26.6 Å². The number of hydrogen-bond acceptors (Lipinski definition) is 3. The van der Waals surface area contributed by atoms with E-state index < -0.39 is 12.0 Å². The van der Waals surface area contributed by atoms with Crippen molar-refractivity contribution in [2.24, 2.45) is 11.5 Å². The van der Waals surface area contributed by atoms with E-state index >= 15 is 0 Å². The van der Waals surface area contributed by atoms with E-state index in [1.807, 2.05) is 0 Å². The molecule has 0 amide bonds. The Kier molecular flexibility index (Phi) is 10.6. The predicted molar refractivity (Wildman–Crippen MR) is 47.1 cm³/mol. The summed E-state index contributed by atoms with van der Waals surface area (Å²) in [5, 5.41) is 8.33. The molecule has 0 unspecified atom stereocenters. The molecule has 4 nitrogen and oxygen atoms in total. The average Bonchev–Trinajstić information content (AvgIpc) is 1.88. The van der Waals surface area contributed by atoms with Crippen LogP contribution in [0.25, 0.3) is 0 Å².